The van der Waals surface area contributed by atoms with Gasteiger partial charge in [0.25, 0.3) is 5.91 Å². The van der Waals surface area contributed by atoms with Crippen molar-refractivity contribution in [2.75, 3.05) is 11.9 Å². The molecular formula is C22H18F3NO4. The summed E-state index contributed by atoms with van der Waals surface area (Å²) >= 11 is 0. The Morgan fingerprint density at radius 2 is 1.87 bits per heavy atom. The van der Waals surface area contributed by atoms with Crippen molar-refractivity contribution in [1.82, 2.24) is 0 Å². The average molecular weight is 417 g/mol. The largest absolute Gasteiger partial charge is 0.483 e. The molecule has 0 fully saturated rings. The van der Waals surface area contributed by atoms with E-state index in [0.29, 0.717) is 28.9 Å². The molecule has 1 aromatic heterocycles. The van der Waals surface area contributed by atoms with Gasteiger partial charge in [-0.25, -0.2) is 4.79 Å². The molecule has 2 aromatic carbocycles. The lowest BCUT2D eigenvalue weighted by molar-refractivity contribution is -0.137. The van der Waals surface area contributed by atoms with Crippen LogP contribution >= 0.6 is 0 Å². The zero-order valence-corrected chi connectivity index (χ0v) is 16.1. The maximum Gasteiger partial charge on any atom is 0.418 e. The van der Waals surface area contributed by atoms with E-state index in [2.05, 4.69) is 5.32 Å². The molecule has 1 heterocycles. The molecule has 1 aliphatic carbocycles. The number of fused-ring (bicyclic) bond motifs is 3. The second kappa shape index (κ2) is 7.51. The van der Waals surface area contributed by atoms with Gasteiger partial charge < -0.3 is 14.5 Å². The zero-order chi connectivity index (χ0) is 21.5. The third-order valence-corrected chi connectivity index (χ3v) is 5.21. The Hall–Kier alpha value is -3.29. The Kier molecular flexibility index (Phi) is 5.01. The number of rotatable bonds is 4. The van der Waals surface area contributed by atoms with E-state index in [1.165, 1.54) is 18.2 Å². The number of alkyl halides is 3. The number of hydrogen-bond donors (Lipinski definition) is 1. The number of hydrogen-bond acceptors (Lipinski definition) is 4. The summed E-state index contributed by atoms with van der Waals surface area (Å²) in [5.41, 5.74) is 1.02. The molecule has 1 amide bonds. The van der Waals surface area contributed by atoms with Crippen LogP contribution in [0.15, 0.2) is 45.6 Å². The van der Waals surface area contributed by atoms with Gasteiger partial charge in [-0.1, -0.05) is 12.1 Å². The van der Waals surface area contributed by atoms with E-state index in [0.717, 1.165) is 29.9 Å². The third kappa shape index (κ3) is 3.65. The minimum Gasteiger partial charge on any atom is -0.483 e. The van der Waals surface area contributed by atoms with E-state index in [4.69, 9.17) is 9.15 Å². The van der Waals surface area contributed by atoms with Crippen molar-refractivity contribution in [3.8, 4) is 5.75 Å². The fraction of sp³-hybridized carbons (Fsp3) is 0.273. The van der Waals surface area contributed by atoms with Gasteiger partial charge in [0.05, 0.1) is 11.3 Å². The van der Waals surface area contributed by atoms with Crippen LogP contribution in [-0.4, -0.2) is 12.5 Å². The van der Waals surface area contributed by atoms with Crippen LogP contribution in [0.1, 0.15) is 28.7 Å². The standard InChI is InChI=1S/C22H18F3NO4/c1-12-18(10-9-14-13-5-4-6-15(13)21(28)30-20(12)14)29-11-19(27)26-17-8-3-2-7-16(17)22(23,24)25/h2-3,7-10H,4-6,11H2,1H3,(H,26,27). The van der Waals surface area contributed by atoms with Crippen molar-refractivity contribution in [2.24, 2.45) is 0 Å². The molecule has 0 aliphatic heterocycles. The van der Waals surface area contributed by atoms with E-state index in [1.54, 1.807) is 19.1 Å². The van der Waals surface area contributed by atoms with Gasteiger partial charge >= 0.3 is 11.8 Å². The highest BCUT2D eigenvalue weighted by atomic mass is 19.4. The first-order valence-electron chi connectivity index (χ1n) is 9.42. The average Bonchev–Trinajstić information content (AvgIpc) is 3.18. The molecule has 0 atom stereocenters. The summed E-state index contributed by atoms with van der Waals surface area (Å²) in [5, 5.41) is 3.07. The first-order valence-corrected chi connectivity index (χ1v) is 9.42. The van der Waals surface area contributed by atoms with Crippen LogP contribution in [0.25, 0.3) is 11.0 Å². The quantitative estimate of drug-likeness (QED) is 0.629. The highest BCUT2D eigenvalue weighted by molar-refractivity contribution is 5.93. The van der Waals surface area contributed by atoms with Gasteiger partial charge in [0.2, 0.25) is 0 Å². The van der Waals surface area contributed by atoms with Crippen molar-refractivity contribution in [2.45, 2.75) is 32.4 Å². The minimum absolute atomic E-state index is 0.322. The van der Waals surface area contributed by atoms with Crippen LogP contribution in [0, 0.1) is 6.92 Å². The predicted octanol–water partition coefficient (Wildman–Crippen LogP) is 4.63. The molecule has 30 heavy (non-hydrogen) atoms. The Bertz CT molecular complexity index is 1200. The molecule has 0 unspecified atom stereocenters. The summed E-state index contributed by atoms with van der Waals surface area (Å²) < 4.78 is 50.2. The van der Waals surface area contributed by atoms with Crippen LogP contribution in [0.5, 0.6) is 5.75 Å². The maximum atomic E-state index is 13.1. The number of carbonyl (C=O) groups is 1. The SMILES string of the molecule is Cc1c(OCC(=O)Nc2ccccc2C(F)(F)F)ccc2c3c(c(=O)oc12)CCC3. The van der Waals surface area contributed by atoms with E-state index in [1.807, 2.05) is 0 Å². The number of benzene rings is 2. The van der Waals surface area contributed by atoms with Crippen LogP contribution in [-0.2, 0) is 23.8 Å². The van der Waals surface area contributed by atoms with Crippen molar-refractivity contribution in [3.05, 3.63) is 69.1 Å². The topological polar surface area (TPSA) is 68.5 Å². The van der Waals surface area contributed by atoms with Gasteiger partial charge in [-0.3, -0.25) is 4.79 Å². The molecule has 5 nitrogen and oxygen atoms in total. The Morgan fingerprint density at radius 1 is 1.13 bits per heavy atom. The first-order chi connectivity index (χ1) is 14.3. The number of anilines is 1. The first kappa shape index (κ1) is 20.0. The smallest absolute Gasteiger partial charge is 0.418 e. The number of nitrogens with one attached hydrogen (secondary N) is 1. The van der Waals surface area contributed by atoms with E-state index < -0.39 is 24.3 Å². The molecule has 0 saturated carbocycles. The molecule has 1 N–H and O–H groups in total. The molecule has 0 saturated heterocycles. The second-order valence-electron chi connectivity index (χ2n) is 7.15. The lowest BCUT2D eigenvalue weighted by atomic mass is 10.0. The van der Waals surface area contributed by atoms with Crippen LogP contribution in [0.2, 0.25) is 0 Å². The van der Waals surface area contributed by atoms with Gasteiger partial charge in [0, 0.05) is 16.5 Å². The summed E-state index contributed by atoms with van der Waals surface area (Å²) in [6, 6.07) is 8.17. The van der Waals surface area contributed by atoms with E-state index in [-0.39, 0.29) is 11.3 Å². The Labute approximate surface area is 169 Å². The normalized spacial score (nSPS) is 13.3. The number of aryl methyl sites for hydroxylation is 2. The summed E-state index contributed by atoms with van der Waals surface area (Å²) in [7, 11) is 0. The number of ether oxygens (including phenoxy) is 1. The monoisotopic (exact) mass is 417 g/mol. The molecule has 8 heteroatoms. The molecule has 0 radical (unpaired) electrons. The van der Waals surface area contributed by atoms with Crippen molar-refractivity contribution < 1.29 is 27.1 Å². The van der Waals surface area contributed by atoms with E-state index >= 15 is 0 Å². The molecule has 3 aromatic rings. The number of para-hydroxylation sites is 1. The molecular weight excluding hydrogens is 399 g/mol. The fourth-order valence-corrected chi connectivity index (χ4v) is 3.79. The highest BCUT2D eigenvalue weighted by Gasteiger charge is 2.33. The Morgan fingerprint density at radius 3 is 2.63 bits per heavy atom. The van der Waals surface area contributed by atoms with Gasteiger partial charge in [-0.2, -0.15) is 13.2 Å². The van der Waals surface area contributed by atoms with Crippen LogP contribution in [0.4, 0.5) is 18.9 Å². The number of carbonyl (C=O) groups excluding carboxylic acids is 1. The summed E-state index contributed by atoms with van der Waals surface area (Å²) in [4.78, 5) is 24.4. The third-order valence-electron chi connectivity index (χ3n) is 5.21. The number of amides is 1. The van der Waals surface area contributed by atoms with Gasteiger partial charge in [-0.15, -0.1) is 0 Å². The van der Waals surface area contributed by atoms with Crippen molar-refractivity contribution >= 4 is 22.6 Å². The lowest BCUT2D eigenvalue weighted by Gasteiger charge is -2.15. The molecule has 156 valence electrons. The van der Waals surface area contributed by atoms with Crippen LogP contribution in [0.3, 0.4) is 0 Å². The summed E-state index contributed by atoms with van der Waals surface area (Å²) in [6.45, 7) is 1.21. The van der Waals surface area contributed by atoms with Crippen molar-refractivity contribution in [3.63, 3.8) is 0 Å². The fourth-order valence-electron chi connectivity index (χ4n) is 3.79. The van der Waals surface area contributed by atoms with E-state index in [9.17, 15) is 22.8 Å². The highest BCUT2D eigenvalue weighted by Crippen LogP contribution is 2.35. The summed E-state index contributed by atoms with van der Waals surface area (Å²) in [6.07, 6.45) is -2.18. The van der Waals surface area contributed by atoms with Crippen molar-refractivity contribution in [1.29, 1.82) is 0 Å². The predicted molar refractivity (Wildman–Crippen MR) is 105 cm³/mol. The van der Waals surface area contributed by atoms with Gasteiger partial charge in [0.15, 0.2) is 6.61 Å². The molecule has 0 spiro atoms. The minimum atomic E-state index is -4.59. The Balaban J connectivity index is 1.53. The molecule has 0 bridgehead atoms. The second-order valence-corrected chi connectivity index (χ2v) is 7.15. The van der Waals surface area contributed by atoms with Crippen LogP contribution < -0.4 is 15.7 Å². The van der Waals surface area contributed by atoms with Gasteiger partial charge in [-0.05, 0) is 56.0 Å². The molecule has 4 rings (SSSR count). The maximum absolute atomic E-state index is 13.1. The number of halogens is 3. The van der Waals surface area contributed by atoms with Gasteiger partial charge in [0.1, 0.15) is 11.3 Å². The zero-order valence-electron chi connectivity index (χ0n) is 16.1. The summed E-state index contributed by atoms with van der Waals surface area (Å²) in [5.74, 6) is -0.413. The lowest BCUT2D eigenvalue weighted by Crippen LogP contribution is -2.22. The molecule has 1 aliphatic rings.